The van der Waals surface area contributed by atoms with Gasteiger partial charge in [0.05, 0.1) is 30.5 Å². The Balaban J connectivity index is 1.49. The summed E-state index contributed by atoms with van der Waals surface area (Å²) in [5.74, 6) is -0.0540. The predicted molar refractivity (Wildman–Crippen MR) is 115 cm³/mol. The first-order valence-corrected chi connectivity index (χ1v) is 10.2. The number of rotatable bonds is 6. The normalized spacial score (nSPS) is 21.8. The van der Waals surface area contributed by atoms with Crippen LogP contribution < -0.4 is 26.6 Å². The van der Waals surface area contributed by atoms with Gasteiger partial charge in [-0.15, -0.1) is 0 Å². The molecular formula is C21H27FN6O2. The Morgan fingerprint density at radius 2 is 2.03 bits per heavy atom. The van der Waals surface area contributed by atoms with Crippen molar-refractivity contribution < 1.29 is 13.9 Å². The van der Waals surface area contributed by atoms with E-state index in [1.807, 2.05) is 24.3 Å². The lowest BCUT2D eigenvalue weighted by atomic mass is 10.0. The van der Waals surface area contributed by atoms with Crippen molar-refractivity contribution in [3.05, 3.63) is 42.1 Å². The van der Waals surface area contributed by atoms with Gasteiger partial charge in [0.15, 0.2) is 0 Å². The van der Waals surface area contributed by atoms with Crippen molar-refractivity contribution in [1.82, 2.24) is 10.3 Å². The van der Waals surface area contributed by atoms with Gasteiger partial charge >= 0.3 is 0 Å². The predicted octanol–water partition coefficient (Wildman–Crippen LogP) is 1.87. The Kier molecular flexibility index (Phi) is 6.29. The van der Waals surface area contributed by atoms with Gasteiger partial charge in [-0.3, -0.25) is 4.79 Å². The number of ether oxygens (including phenoxy) is 1. The highest BCUT2D eigenvalue weighted by atomic mass is 19.1. The molecule has 9 heteroatoms. The SMILES string of the molecule is NC(=O)c1cnc(Nc2ccc(N3CCOCC3)cc2)cc1N[C@@H]1CCNC[C@@H]1F. The fourth-order valence-corrected chi connectivity index (χ4v) is 3.75. The third-order valence-corrected chi connectivity index (χ3v) is 5.43. The molecule has 0 unspecified atom stereocenters. The number of piperidine rings is 1. The first-order chi connectivity index (χ1) is 14.6. The van der Waals surface area contributed by atoms with Crippen LogP contribution in [0.1, 0.15) is 16.8 Å². The Bertz CT molecular complexity index is 872. The third-order valence-electron chi connectivity index (χ3n) is 5.43. The number of carbonyl (C=O) groups excluding carboxylic acids is 1. The number of alkyl halides is 1. The van der Waals surface area contributed by atoms with Crippen molar-refractivity contribution in [3.8, 4) is 0 Å². The molecule has 0 aliphatic carbocycles. The molecule has 2 fully saturated rings. The molecule has 1 aromatic heterocycles. The van der Waals surface area contributed by atoms with Gasteiger partial charge in [-0.1, -0.05) is 0 Å². The average molecular weight is 414 g/mol. The van der Waals surface area contributed by atoms with E-state index in [0.717, 1.165) is 44.2 Å². The first kappa shape index (κ1) is 20.4. The number of halogens is 1. The summed E-state index contributed by atoms with van der Waals surface area (Å²) in [5, 5.41) is 9.40. The van der Waals surface area contributed by atoms with Gasteiger partial charge in [0.25, 0.3) is 5.91 Å². The Labute approximate surface area is 175 Å². The minimum Gasteiger partial charge on any atom is -0.378 e. The Morgan fingerprint density at radius 3 is 2.73 bits per heavy atom. The van der Waals surface area contributed by atoms with Gasteiger partial charge in [-0.05, 0) is 37.2 Å². The summed E-state index contributed by atoms with van der Waals surface area (Å²) < 4.78 is 19.6. The van der Waals surface area contributed by atoms with Crippen molar-refractivity contribution in [1.29, 1.82) is 0 Å². The van der Waals surface area contributed by atoms with Crippen LogP contribution in [0.3, 0.4) is 0 Å². The number of amides is 1. The molecule has 0 saturated carbocycles. The highest BCUT2D eigenvalue weighted by Gasteiger charge is 2.25. The Hall–Kier alpha value is -2.91. The molecule has 30 heavy (non-hydrogen) atoms. The van der Waals surface area contributed by atoms with Gasteiger partial charge in [0, 0.05) is 43.3 Å². The minimum absolute atomic E-state index is 0.244. The number of primary amides is 1. The van der Waals surface area contributed by atoms with Crippen LogP contribution in [0, 0.1) is 0 Å². The number of nitrogens with one attached hydrogen (secondary N) is 3. The van der Waals surface area contributed by atoms with Crippen molar-refractivity contribution >= 4 is 28.8 Å². The van der Waals surface area contributed by atoms with E-state index < -0.39 is 12.1 Å². The lowest BCUT2D eigenvalue weighted by molar-refractivity contribution is 0.100. The number of aromatic nitrogens is 1. The van der Waals surface area contributed by atoms with Gasteiger partial charge in [-0.2, -0.15) is 0 Å². The third kappa shape index (κ3) is 4.80. The molecule has 0 radical (unpaired) electrons. The highest BCUT2D eigenvalue weighted by molar-refractivity contribution is 5.98. The molecule has 0 bridgehead atoms. The average Bonchev–Trinajstić information content (AvgIpc) is 2.76. The molecule has 4 rings (SSSR count). The van der Waals surface area contributed by atoms with Crippen LogP contribution in [0.5, 0.6) is 0 Å². The van der Waals surface area contributed by atoms with E-state index in [9.17, 15) is 9.18 Å². The molecule has 8 nitrogen and oxygen atoms in total. The van der Waals surface area contributed by atoms with Crippen LogP contribution in [-0.4, -0.2) is 62.5 Å². The molecular weight excluding hydrogens is 387 g/mol. The minimum atomic E-state index is -1.04. The van der Waals surface area contributed by atoms with Crippen LogP contribution >= 0.6 is 0 Å². The molecule has 160 valence electrons. The smallest absolute Gasteiger partial charge is 0.252 e. The molecule has 3 heterocycles. The van der Waals surface area contributed by atoms with Crippen LogP contribution in [0.2, 0.25) is 0 Å². The largest absolute Gasteiger partial charge is 0.378 e. The van der Waals surface area contributed by atoms with Crippen molar-refractivity contribution in [3.63, 3.8) is 0 Å². The molecule has 1 amide bonds. The molecule has 2 saturated heterocycles. The molecule has 5 N–H and O–H groups in total. The molecule has 2 aliphatic rings. The number of nitrogens with zero attached hydrogens (tertiary/aromatic N) is 2. The Morgan fingerprint density at radius 1 is 1.27 bits per heavy atom. The van der Waals surface area contributed by atoms with Gasteiger partial charge in [0.2, 0.25) is 0 Å². The van der Waals surface area contributed by atoms with Gasteiger partial charge < -0.3 is 31.3 Å². The number of hydrogen-bond donors (Lipinski definition) is 4. The number of morpholine rings is 1. The zero-order chi connectivity index (χ0) is 20.9. The number of pyridine rings is 1. The molecule has 0 spiro atoms. The number of benzene rings is 1. The first-order valence-electron chi connectivity index (χ1n) is 10.2. The molecule has 2 aliphatic heterocycles. The number of nitrogens with two attached hydrogens (primary N) is 1. The lowest BCUT2D eigenvalue weighted by Crippen LogP contribution is -2.45. The maximum absolute atomic E-state index is 14.2. The van der Waals surface area contributed by atoms with E-state index in [-0.39, 0.29) is 18.2 Å². The fourth-order valence-electron chi connectivity index (χ4n) is 3.75. The van der Waals surface area contributed by atoms with E-state index in [4.69, 9.17) is 10.5 Å². The number of anilines is 4. The van der Waals surface area contributed by atoms with Gasteiger partial charge in [-0.25, -0.2) is 9.37 Å². The molecule has 2 aromatic rings. The number of hydrogen-bond acceptors (Lipinski definition) is 7. The van der Waals surface area contributed by atoms with Crippen molar-refractivity contribution in [2.24, 2.45) is 5.73 Å². The van der Waals surface area contributed by atoms with Crippen LogP contribution in [-0.2, 0) is 4.74 Å². The maximum Gasteiger partial charge on any atom is 0.252 e. The van der Waals surface area contributed by atoms with E-state index >= 15 is 0 Å². The zero-order valence-corrected chi connectivity index (χ0v) is 16.7. The highest BCUT2D eigenvalue weighted by Crippen LogP contribution is 2.25. The summed E-state index contributed by atoms with van der Waals surface area (Å²) in [6.45, 7) is 4.24. The molecule has 1 aromatic carbocycles. The maximum atomic E-state index is 14.2. The fraction of sp³-hybridized carbons (Fsp3) is 0.429. The summed E-state index contributed by atoms with van der Waals surface area (Å²) in [6.07, 6.45) is 0.994. The van der Waals surface area contributed by atoms with Gasteiger partial charge in [0.1, 0.15) is 12.0 Å². The second kappa shape index (κ2) is 9.27. The van der Waals surface area contributed by atoms with Crippen molar-refractivity contribution in [2.75, 3.05) is 54.9 Å². The lowest BCUT2D eigenvalue weighted by Gasteiger charge is -2.29. The summed E-state index contributed by atoms with van der Waals surface area (Å²) in [6, 6.07) is 9.37. The van der Waals surface area contributed by atoms with E-state index in [1.54, 1.807) is 6.07 Å². The topological polar surface area (TPSA) is 105 Å². The van der Waals surface area contributed by atoms with Crippen LogP contribution in [0.4, 0.5) is 27.3 Å². The second-order valence-corrected chi connectivity index (χ2v) is 7.51. The molecule has 2 atom stereocenters. The summed E-state index contributed by atoms with van der Waals surface area (Å²) >= 11 is 0. The van der Waals surface area contributed by atoms with Crippen LogP contribution in [0.15, 0.2) is 36.5 Å². The van der Waals surface area contributed by atoms with Crippen LogP contribution in [0.25, 0.3) is 0 Å². The number of carbonyl (C=O) groups is 1. The van der Waals surface area contributed by atoms with E-state index in [2.05, 4.69) is 25.8 Å². The summed E-state index contributed by atoms with van der Waals surface area (Å²) in [7, 11) is 0. The monoisotopic (exact) mass is 414 g/mol. The van der Waals surface area contributed by atoms with Crippen molar-refractivity contribution in [2.45, 2.75) is 18.6 Å². The zero-order valence-electron chi connectivity index (χ0n) is 16.7. The van der Waals surface area contributed by atoms with E-state index in [1.165, 1.54) is 6.20 Å². The summed E-state index contributed by atoms with van der Waals surface area (Å²) in [5.41, 5.74) is 8.22. The van der Waals surface area contributed by atoms with E-state index in [0.29, 0.717) is 17.9 Å². The quantitative estimate of drug-likeness (QED) is 0.572. The standard InChI is InChI=1S/C21H27FN6O2/c22-17-13-24-6-5-18(17)27-19-11-20(25-12-16(19)21(23)29)26-14-1-3-15(4-2-14)28-7-9-30-10-8-28/h1-4,11-12,17-18,24H,5-10,13H2,(H2,23,29)(H2,25,26,27)/t17-,18+/m0/s1. The summed E-state index contributed by atoms with van der Waals surface area (Å²) in [4.78, 5) is 18.4. The second-order valence-electron chi connectivity index (χ2n) is 7.51.